The highest BCUT2D eigenvalue weighted by Crippen LogP contribution is 2.30. The monoisotopic (exact) mass is 289 g/mol. The molecular formula is C12H10Cl3NO. The largest absolute Gasteiger partial charge is 0.448 e. The van der Waals surface area contributed by atoms with Gasteiger partial charge in [-0.3, -0.25) is 0 Å². The molecule has 17 heavy (non-hydrogen) atoms. The Labute approximate surface area is 114 Å². The highest BCUT2D eigenvalue weighted by Gasteiger charge is 2.16. The average molecular weight is 291 g/mol. The van der Waals surface area contributed by atoms with E-state index in [1.807, 2.05) is 25.2 Å². The Morgan fingerprint density at radius 1 is 1.06 bits per heavy atom. The second kappa shape index (κ2) is 5.32. The van der Waals surface area contributed by atoms with Gasteiger partial charge in [-0.25, -0.2) is 0 Å². The third-order valence-corrected chi connectivity index (χ3v) is 3.39. The highest BCUT2D eigenvalue weighted by atomic mass is 35.5. The fourth-order valence-electron chi connectivity index (χ4n) is 1.65. The summed E-state index contributed by atoms with van der Waals surface area (Å²) < 4.78 is 5.39. The molecule has 0 aliphatic rings. The molecule has 0 aliphatic heterocycles. The lowest BCUT2D eigenvalue weighted by atomic mass is 10.1. The van der Waals surface area contributed by atoms with Crippen LogP contribution < -0.4 is 5.32 Å². The van der Waals surface area contributed by atoms with Crippen molar-refractivity contribution < 1.29 is 4.42 Å². The standard InChI is InChI=1S/C12H10Cl3NO/c1-16-12(10-4-5-11(15)17-10)7-2-3-8(13)9(14)6-7/h2-6,12,16H,1H3. The quantitative estimate of drug-likeness (QED) is 0.897. The Kier molecular flexibility index (Phi) is 4.00. The molecule has 2 aromatic rings. The number of benzene rings is 1. The first-order valence-electron chi connectivity index (χ1n) is 4.99. The SMILES string of the molecule is CNC(c1ccc(Cl)c(Cl)c1)c1ccc(Cl)o1. The number of rotatable bonds is 3. The molecule has 1 heterocycles. The molecule has 0 spiro atoms. The zero-order chi connectivity index (χ0) is 12.4. The smallest absolute Gasteiger partial charge is 0.193 e. The molecule has 0 fully saturated rings. The van der Waals surface area contributed by atoms with Crippen molar-refractivity contribution in [1.82, 2.24) is 5.32 Å². The Balaban J connectivity index is 2.38. The molecule has 2 nitrogen and oxygen atoms in total. The van der Waals surface area contributed by atoms with Gasteiger partial charge in [0, 0.05) is 0 Å². The number of hydrogen-bond acceptors (Lipinski definition) is 2. The molecule has 0 radical (unpaired) electrons. The van der Waals surface area contributed by atoms with Crippen LogP contribution in [0.2, 0.25) is 15.3 Å². The molecule has 1 atom stereocenters. The first-order valence-corrected chi connectivity index (χ1v) is 6.12. The van der Waals surface area contributed by atoms with Crippen LogP contribution in [0.5, 0.6) is 0 Å². The topological polar surface area (TPSA) is 25.2 Å². The minimum atomic E-state index is -0.0998. The normalized spacial score (nSPS) is 12.7. The van der Waals surface area contributed by atoms with Gasteiger partial charge < -0.3 is 9.73 Å². The second-order valence-electron chi connectivity index (χ2n) is 3.54. The Hall–Kier alpha value is -0.670. The van der Waals surface area contributed by atoms with Crippen LogP contribution in [0.3, 0.4) is 0 Å². The summed E-state index contributed by atoms with van der Waals surface area (Å²) in [6, 6.07) is 8.89. The van der Waals surface area contributed by atoms with E-state index in [0.29, 0.717) is 15.3 Å². The van der Waals surface area contributed by atoms with E-state index in [9.17, 15) is 0 Å². The summed E-state index contributed by atoms with van der Waals surface area (Å²) in [5.74, 6) is 0.732. The van der Waals surface area contributed by atoms with Crippen molar-refractivity contribution >= 4 is 34.8 Å². The van der Waals surface area contributed by atoms with Crippen molar-refractivity contribution in [2.45, 2.75) is 6.04 Å². The minimum absolute atomic E-state index is 0.0998. The van der Waals surface area contributed by atoms with Gasteiger partial charge in [-0.2, -0.15) is 0 Å². The molecule has 0 saturated heterocycles. The lowest BCUT2D eigenvalue weighted by Gasteiger charge is -2.14. The average Bonchev–Trinajstić information content (AvgIpc) is 2.71. The van der Waals surface area contributed by atoms with Crippen molar-refractivity contribution in [2.75, 3.05) is 7.05 Å². The van der Waals surface area contributed by atoms with Gasteiger partial charge in [0.25, 0.3) is 0 Å². The van der Waals surface area contributed by atoms with E-state index >= 15 is 0 Å². The number of nitrogens with one attached hydrogen (secondary N) is 1. The van der Waals surface area contributed by atoms with Crippen LogP contribution >= 0.6 is 34.8 Å². The van der Waals surface area contributed by atoms with Crippen LogP contribution in [0.25, 0.3) is 0 Å². The molecule has 0 saturated carbocycles. The molecule has 1 aromatic heterocycles. The van der Waals surface area contributed by atoms with Gasteiger partial charge in [0.05, 0.1) is 16.1 Å². The first kappa shape index (κ1) is 12.8. The Morgan fingerprint density at radius 3 is 2.35 bits per heavy atom. The predicted molar refractivity (Wildman–Crippen MR) is 71.1 cm³/mol. The van der Waals surface area contributed by atoms with Gasteiger partial charge in [0.2, 0.25) is 0 Å². The van der Waals surface area contributed by atoms with Crippen LogP contribution in [0.1, 0.15) is 17.4 Å². The highest BCUT2D eigenvalue weighted by molar-refractivity contribution is 6.42. The van der Waals surface area contributed by atoms with E-state index in [1.54, 1.807) is 12.1 Å². The predicted octanol–water partition coefficient (Wildman–Crippen LogP) is 4.55. The lowest BCUT2D eigenvalue weighted by molar-refractivity contribution is 0.465. The van der Waals surface area contributed by atoms with E-state index in [-0.39, 0.29) is 6.04 Å². The fraction of sp³-hybridized carbons (Fsp3) is 0.167. The summed E-state index contributed by atoms with van der Waals surface area (Å²) in [6.45, 7) is 0. The van der Waals surface area contributed by atoms with Crippen LogP contribution in [-0.2, 0) is 0 Å². The maximum Gasteiger partial charge on any atom is 0.193 e. The fourth-order valence-corrected chi connectivity index (χ4v) is 2.11. The van der Waals surface area contributed by atoms with Gasteiger partial charge in [0.15, 0.2) is 5.22 Å². The number of halogens is 3. The van der Waals surface area contributed by atoms with Gasteiger partial charge in [-0.05, 0) is 48.5 Å². The minimum Gasteiger partial charge on any atom is -0.448 e. The maximum absolute atomic E-state index is 5.99. The van der Waals surface area contributed by atoms with Gasteiger partial charge in [0.1, 0.15) is 5.76 Å². The van der Waals surface area contributed by atoms with Crippen molar-refractivity contribution in [3.8, 4) is 0 Å². The van der Waals surface area contributed by atoms with Gasteiger partial charge in [-0.1, -0.05) is 29.3 Å². The van der Waals surface area contributed by atoms with E-state index in [2.05, 4.69) is 5.32 Å². The van der Waals surface area contributed by atoms with Crippen LogP contribution in [0.15, 0.2) is 34.7 Å². The summed E-state index contributed by atoms with van der Waals surface area (Å²) in [6.07, 6.45) is 0. The molecule has 1 unspecified atom stereocenters. The molecule has 90 valence electrons. The first-order chi connectivity index (χ1) is 8.11. The van der Waals surface area contributed by atoms with E-state index in [0.717, 1.165) is 11.3 Å². The second-order valence-corrected chi connectivity index (χ2v) is 4.72. The zero-order valence-electron chi connectivity index (χ0n) is 9.01. The lowest BCUT2D eigenvalue weighted by Crippen LogP contribution is -2.16. The van der Waals surface area contributed by atoms with Crippen LogP contribution in [-0.4, -0.2) is 7.05 Å². The maximum atomic E-state index is 5.99. The van der Waals surface area contributed by atoms with Crippen LogP contribution in [0, 0.1) is 0 Å². The van der Waals surface area contributed by atoms with E-state index in [1.165, 1.54) is 0 Å². The number of furan rings is 1. The third-order valence-electron chi connectivity index (χ3n) is 2.44. The molecule has 0 amide bonds. The van der Waals surface area contributed by atoms with Crippen molar-refractivity contribution in [2.24, 2.45) is 0 Å². The van der Waals surface area contributed by atoms with Gasteiger partial charge in [-0.15, -0.1) is 0 Å². The number of hydrogen-bond donors (Lipinski definition) is 1. The zero-order valence-corrected chi connectivity index (χ0v) is 11.3. The molecule has 5 heteroatoms. The van der Waals surface area contributed by atoms with Crippen molar-refractivity contribution in [3.05, 3.63) is 56.9 Å². The summed E-state index contributed by atoms with van der Waals surface area (Å²) in [5, 5.41) is 4.55. The summed E-state index contributed by atoms with van der Waals surface area (Å²) >= 11 is 17.6. The molecule has 1 N–H and O–H groups in total. The molecule has 2 rings (SSSR count). The molecular weight excluding hydrogens is 280 g/mol. The van der Waals surface area contributed by atoms with Crippen LogP contribution in [0.4, 0.5) is 0 Å². The Morgan fingerprint density at radius 2 is 1.82 bits per heavy atom. The summed E-state index contributed by atoms with van der Waals surface area (Å²) in [5.41, 5.74) is 0.966. The van der Waals surface area contributed by atoms with Crippen molar-refractivity contribution in [1.29, 1.82) is 0 Å². The van der Waals surface area contributed by atoms with E-state index < -0.39 is 0 Å². The molecule has 1 aromatic carbocycles. The third kappa shape index (κ3) is 2.78. The molecule has 0 bridgehead atoms. The summed E-state index contributed by atoms with van der Waals surface area (Å²) in [7, 11) is 1.84. The van der Waals surface area contributed by atoms with E-state index in [4.69, 9.17) is 39.2 Å². The Bertz CT molecular complexity index is 524. The van der Waals surface area contributed by atoms with Crippen molar-refractivity contribution in [3.63, 3.8) is 0 Å². The summed E-state index contributed by atoms with van der Waals surface area (Å²) in [4.78, 5) is 0. The van der Waals surface area contributed by atoms with Gasteiger partial charge >= 0.3 is 0 Å². The molecule has 0 aliphatic carbocycles.